The fourth-order valence-corrected chi connectivity index (χ4v) is 2.23. The second-order valence-corrected chi connectivity index (χ2v) is 4.66. The number of hydrogen-bond donors (Lipinski definition) is 2. The average molecular weight is 294 g/mol. The number of carbonyl (C=O) groups is 2. The summed E-state index contributed by atoms with van der Waals surface area (Å²) in [4.78, 5) is 24.0. The van der Waals surface area contributed by atoms with Gasteiger partial charge < -0.3 is 20.1 Å². The first kappa shape index (κ1) is 16.6. The molecule has 8 heteroatoms. The van der Waals surface area contributed by atoms with Crippen molar-refractivity contribution in [1.82, 2.24) is 10.2 Å². The zero-order chi connectivity index (χ0) is 15.0. The van der Waals surface area contributed by atoms with E-state index in [4.69, 9.17) is 5.11 Å². The molecule has 1 aliphatic carbocycles. The van der Waals surface area contributed by atoms with Crippen LogP contribution in [0.2, 0.25) is 0 Å². The lowest BCUT2D eigenvalue weighted by atomic mass is 10.2. The summed E-state index contributed by atoms with van der Waals surface area (Å²) >= 11 is 0. The number of halogens is 2. The van der Waals surface area contributed by atoms with E-state index in [-0.39, 0.29) is 25.7 Å². The Hall–Kier alpha value is -1.44. The third-order valence-electron chi connectivity index (χ3n) is 3.10. The molecule has 0 spiro atoms. The van der Waals surface area contributed by atoms with Gasteiger partial charge in [-0.15, -0.1) is 0 Å². The van der Waals surface area contributed by atoms with Gasteiger partial charge in [0, 0.05) is 12.6 Å². The standard InChI is InChI=1S/C12H20F2N2O4/c13-10(14)8-20-6-5-15-12(19)16(7-11(17)18)9-3-1-2-4-9/h9-10H,1-8H2,(H,15,19)(H,17,18). The van der Waals surface area contributed by atoms with Crippen molar-refractivity contribution in [3.63, 3.8) is 0 Å². The van der Waals surface area contributed by atoms with E-state index < -0.39 is 25.0 Å². The van der Waals surface area contributed by atoms with Crippen LogP contribution in [0.5, 0.6) is 0 Å². The van der Waals surface area contributed by atoms with Crippen LogP contribution in [0.15, 0.2) is 0 Å². The highest BCUT2D eigenvalue weighted by molar-refractivity contribution is 5.80. The van der Waals surface area contributed by atoms with Gasteiger partial charge in [-0.3, -0.25) is 4.79 Å². The first-order valence-corrected chi connectivity index (χ1v) is 6.63. The van der Waals surface area contributed by atoms with E-state index in [9.17, 15) is 18.4 Å². The molecule has 1 saturated carbocycles. The maximum Gasteiger partial charge on any atom is 0.323 e. The lowest BCUT2D eigenvalue weighted by molar-refractivity contribution is -0.138. The molecule has 0 aliphatic heterocycles. The van der Waals surface area contributed by atoms with E-state index in [1.807, 2.05) is 0 Å². The highest BCUT2D eigenvalue weighted by Gasteiger charge is 2.28. The van der Waals surface area contributed by atoms with Crippen LogP contribution in [0.25, 0.3) is 0 Å². The first-order chi connectivity index (χ1) is 9.50. The zero-order valence-corrected chi connectivity index (χ0v) is 11.2. The van der Waals surface area contributed by atoms with Gasteiger partial charge in [-0.25, -0.2) is 13.6 Å². The Bertz CT molecular complexity index is 323. The maximum absolute atomic E-state index is 11.9. The fraction of sp³-hybridized carbons (Fsp3) is 0.833. The number of hydrogen-bond acceptors (Lipinski definition) is 3. The molecule has 1 aliphatic rings. The number of carboxylic acids is 1. The largest absolute Gasteiger partial charge is 0.480 e. The predicted octanol–water partition coefficient (Wildman–Crippen LogP) is 1.31. The number of ether oxygens (including phenoxy) is 1. The molecular formula is C12H20F2N2O4. The Morgan fingerprint density at radius 1 is 1.35 bits per heavy atom. The van der Waals surface area contributed by atoms with Gasteiger partial charge in [0.05, 0.1) is 6.61 Å². The molecule has 0 heterocycles. The van der Waals surface area contributed by atoms with Crippen molar-refractivity contribution in [2.75, 3.05) is 26.3 Å². The number of nitrogens with zero attached hydrogens (tertiary/aromatic N) is 1. The number of alkyl halides is 2. The van der Waals surface area contributed by atoms with Crippen molar-refractivity contribution in [1.29, 1.82) is 0 Å². The molecule has 2 amide bonds. The van der Waals surface area contributed by atoms with Crippen LogP contribution in [0.3, 0.4) is 0 Å². The Kier molecular flexibility index (Phi) is 7.21. The Morgan fingerprint density at radius 2 is 2.00 bits per heavy atom. The number of nitrogens with one attached hydrogen (secondary N) is 1. The van der Waals surface area contributed by atoms with E-state index >= 15 is 0 Å². The van der Waals surface area contributed by atoms with Crippen LogP contribution in [-0.2, 0) is 9.53 Å². The quantitative estimate of drug-likeness (QED) is 0.662. The number of rotatable bonds is 8. The van der Waals surface area contributed by atoms with Crippen molar-refractivity contribution in [2.45, 2.75) is 38.2 Å². The van der Waals surface area contributed by atoms with Gasteiger partial charge in [-0.1, -0.05) is 12.8 Å². The summed E-state index contributed by atoms with van der Waals surface area (Å²) in [7, 11) is 0. The van der Waals surface area contributed by atoms with Gasteiger partial charge in [-0.05, 0) is 12.8 Å². The summed E-state index contributed by atoms with van der Waals surface area (Å²) in [5.74, 6) is -1.07. The van der Waals surface area contributed by atoms with Gasteiger partial charge in [0.15, 0.2) is 0 Å². The number of carboxylic acid groups (broad SMARTS) is 1. The van der Waals surface area contributed by atoms with Crippen molar-refractivity contribution in [3.8, 4) is 0 Å². The molecule has 6 nitrogen and oxygen atoms in total. The molecule has 20 heavy (non-hydrogen) atoms. The van der Waals surface area contributed by atoms with E-state index in [0.717, 1.165) is 25.7 Å². The van der Waals surface area contributed by atoms with Gasteiger partial charge in [0.1, 0.15) is 13.2 Å². The smallest absolute Gasteiger partial charge is 0.323 e. The minimum Gasteiger partial charge on any atom is -0.480 e. The van der Waals surface area contributed by atoms with Crippen LogP contribution in [0.4, 0.5) is 13.6 Å². The molecule has 116 valence electrons. The van der Waals surface area contributed by atoms with Crippen molar-refractivity contribution < 1.29 is 28.2 Å². The minimum absolute atomic E-state index is 0.0261. The Balaban J connectivity index is 2.33. The normalized spacial score (nSPS) is 15.6. The Morgan fingerprint density at radius 3 is 2.55 bits per heavy atom. The molecule has 0 aromatic carbocycles. The fourth-order valence-electron chi connectivity index (χ4n) is 2.23. The summed E-state index contributed by atoms with van der Waals surface area (Å²) in [5, 5.41) is 11.3. The second kappa shape index (κ2) is 8.68. The minimum atomic E-state index is -2.53. The van der Waals surface area contributed by atoms with Gasteiger partial charge in [0.25, 0.3) is 6.43 Å². The molecule has 0 aromatic heterocycles. The summed E-state index contributed by atoms with van der Waals surface area (Å²) in [6, 6.07) is -0.548. The van der Waals surface area contributed by atoms with Crippen LogP contribution in [0.1, 0.15) is 25.7 Å². The highest BCUT2D eigenvalue weighted by Crippen LogP contribution is 2.23. The van der Waals surface area contributed by atoms with Gasteiger partial charge in [0.2, 0.25) is 0 Å². The molecule has 0 atom stereocenters. The highest BCUT2D eigenvalue weighted by atomic mass is 19.3. The van der Waals surface area contributed by atoms with Crippen LogP contribution < -0.4 is 5.32 Å². The maximum atomic E-state index is 11.9. The molecular weight excluding hydrogens is 274 g/mol. The summed E-state index contributed by atoms with van der Waals surface area (Å²) in [5.41, 5.74) is 0. The van der Waals surface area contributed by atoms with E-state index in [1.165, 1.54) is 4.90 Å². The number of urea groups is 1. The van der Waals surface area contributed by atoms with Crippen molar-refractivity contribution in [3.05, 3.63) is 0 Å². The van der Waals surface area contributed by atoms with Crippen LogP contribution in [0, 0.1) is 0 Å². The molecule has 0 radical (unpaired) electrons. The predicted molar refractivity (Wildman–Crippen MR) is 66.8 cm³/mol. The van der Waals surface area contributed by atoms with Crippen molar-refractivity contribution >= 4 is 12.0 Å². The van der Waals surface area contributed by atoms with E-state index in [1.54, 1.807) is 0 Å². The second-order valence-electron chi connectivity index (χ2n) is 4.66. The lowest BCUT2D eigenvalue weighted by Crippen LogP contribution is -2.48. The third-order valence-corrected chi connectivity index (χ3v) is 3.10. The van der Waals surface area contributed by atoms with E-state index in [2.05, 4.69) is 10.1 Å². The molecule has 0 bridgehead atoms. The number of amides is 2. The van der Waals surface area contributed by atoms with Crippen molar-refractivity contribution in [2.24, 2.45) is 0 Å². The summed E-state index contributed by atoms with van der Waals surface area (Å²) < 4.78 is 28.3. The number of aliphatic carboxylic acids is 1. The van der Waals surface area contributed by atoms with E-state index in [0.29, 0.717) is 0 Å². The lowest BCUT2D eigenvalue weighted by Gasteiger charge is -2.27. The molecule has 1 rings (SSSR count). The molecule has 0 aromatic rings. The van der Waals surface area contributed by atoms with Crippen LogP contribution in [-0.4, -0.2) is 60.8 Å². The molecule has 1 fully saturated rings. The SMILES string of the molecule is O=C(O)CN(C(=O)NCCOCC(F)F)C1CCCC1. The topological polar surface area (TPSA) is 78.9 Å². The monoisotopic (exact) mass is 294 g/mol. The molecule has 0 saturated heterocycles. The summed E-state index contributed by atoms with van der Waals surface area (Å²) in [6.45, 7) is -0.970. The zero-order valence-electron chi connectivity index (χ0n) is 11.2. The molecule has 0 unspecified atom stereocenters. The van der Waals surface area contributed by atoms with Crippen LogP contribution >= 0.6 is 0 Å². The summed E-state index contributed by atoms with van der Waals surface area (Å²) in [6.07, 6.45) is 1.01. The number of carbonyl (C=O) groups excluding carboxylic acids is 1. The molecule has 2 N–H and O–H groups in total. The average Bonchev–Trinajstić information content (AvgIpc) is 2.88. The first-order valence-electron chi connectivity index (χ1n) is 6.63. The third kappa shape index (κ3) is 6.14. The van der Waals surface area contributed by atoms with Gasteiger partial charge >= 0.3 is 12.0 Å². The van der Waals surface area contributed by atoms with Gasteiger partial charge in [-0.2, -0.15) is 0 Å². The Labute approximate surface area is 116 Å².